The number of anilines is 1. The Morgan fingerprint density at radius 1 is 1.21 bits per heavy atom. The third kappa shape index (κ3) is 13.1. The van der Waals surface area contributed by atoms with Crippen LogP contribution < -0.4 is 21.0 Å². The maximum atomic E-state index is 14.1. The average Bonchev–Trinajstić information content (AvgIpc) is 2.98. The number of hydrogen-bond acceptors (Lipinski definition) is 12. The highest BCUT2D eigenvalue weighted by Gasteiger charge is 2.32. The topological polar surface area (TPSA) is 173 Å². The zero-order chi connectivity index (χ0) is 31.8. The molecule has 2 rings (SSSR count). The SMILES string of the molecule is CC(NP(OCC(OC(C)n1ccc(N)nc1=O)C(O)C(F)Br)Oc1ccccc1CCC(=O)OBr)C(=O)OBr.CP. The molecule has 2 aromatic rings. The van der Waals surface area contributed by atoms with Crippen LogP contribution in [0.5, 0.6) is 5.75 Å². The Kier molecular flexibility index (Phi) is 19.0. The van der Waals surface area contributed by atoms with Crippen LogP contribution in [0.1, 0.15) is 32.1 Å². The van der Waals surface area contributed by atoms with E-state index in [1.54, 1.807) is 24.3 Å². The van der Waals surface area contributed by atoms with Gasteiger partial charge in [-0.2, -0.15) is 4.98 Å². The Bertz CT molecular complexity index is 1190. The van der Waals surface area contributed by atoms with Crippen molar-refractivity contribution in [3.8, 4) is 5.75 Å². The van der Waals surface area contributed by atoms with E-state index in [2.05, 4.69) is 75.4 Å². The summed E-state index contributed by atoms with van der Waals surface area (Å²) >= 11 is 7.96. The number of aromatic nitrogens is 2. The largest absolute Gasteiger partial charge is 0.436 e. The summed E-state index contributed by atoms with van der Waals surface area (Å²) in [5, 5.41) is 11.4. The van der Waals surface area contributed by atoms with Gasteiger partial charge in [-0.3, -0.25) is 9.36 Å². The second-order valence-electron chi connectivity index (χ2n) is 8.09. The molecule has 0 spiro atoms. The monoisotopic (exact) mass is 826 g/mol. The summed E-state index contributed by atoms with van der Waals surface area (Å²) < 4.78 is 41.9. The summed E-state index contributed by atoms with van der Waals surface area (Å²) in [4.78, 5) is 39.4. The van der Waals surface area contributed by atoms with E-state index in [0.717, 1.165) is 4.57 Å². The standard InChI is InChI=1S/C22H27Br3FN4O9P.CH5P/c1-12(21(33)38-25)29-40(39-15-6-4-3-5-14(15)7-8-18(31)37-24)35-11-16(19(32)20(23)26)36-13(2)30-10-9-17(27)28-22(30)34;1-2/h3-6,9-10,12-13,16,19-20,29,32H,7-8,11H2,1-2H3,(H2,27,28,34);2H2,1H3. The lowest BCUT2D eigenvalue weighted by molar-refractivity contribution is -0.134. The summed E-state index contributed by atoms with van der Waals surface area (Å²) in [6.07, 6.45) is -2.41. The van der Waals surface area contributed by atoms with Gasteiger partial charge in [0.05, 0.1) is 13.0 Å². The van der Waals surface area contributed by atoms with Crippen LogP contribution in [0.2, 0.25) is 0 Å². The third-order valence-corrected chi connectivity index (χ3v) is 7.74. The molecule has 0 amide bonds. The summed E-state index contributed by atoms with van der Waals surface area (Å²) in [5.74, 6) is -0.840. The first-order chi connectivity index (χ1) is 20.0. The van der Waals surface area contributed by atoms with Gasteiger partial charge in [-0.25, -0.2) is 19.1 Å². The quantitative estimate of drug-likeness (QED) is 0.163. The predicted octanol–water partition coefficient (Wildman–Crippen LogP) is 4.21. The molecule has 0 aliphatic carbocycles. The molecule has 42 heavy (non-hydrogen) atoms. The Morgan fingerprint density at radius 2 is 1.88 bits per heavy atom. The molecule has 1 aromatic carbocycles. The Hall–Kier alpha value is -1.29. The van der Waals surface area contributed by atoms with Gasteiger partial charge >= 0.3 is 26.2 Å². The Labute approximate surface area is 271 Å². The zero-order valence-corrected chi connectivity index (χ0v) is 29.5. The van der Waals surface area contributed by atoms with Crippen LogP contribution in [0, 0.1) is 0 Å². The van der Waals surface area contributed by atoms with Crippen molar-refractivity contribution in [1.29, 1.82) is 0 Å². The lowest BCUT2D eigenvalue weighted by Gasteiger charge is -2.29. The zero-order valence-electron chi connectivity index (χ0n) is 22.7. The van der Waals surface area contributed by atoms with Crippen molar-refractivity contribution in [1.82, 2.24) is 14.6 Å². The van der Waals surface area contributed by atoms with Gasteiger partial charge in [0.2, 0.25) is 0 Å². The minimum Gasteiger partial charge on any atom is -0.436 e. The molecule has 0 radical (unpaired) electrons. The van der Waals surface area contributed by atoms with Crippen molar-refractivity contribution in [3.63, 3.8) is 0 Å². The number of para-hydroxylation sites is 1. The van der Waals surface area contributed by atoms with E-state index >= 15 is 0 Å². The van der Waals surface area contributed by atoms with Crippen molar-refractivity contribution in [2.24, 2.45) is 0 Å². The first-order valence-electron chi connectivity index (χ1n) is 12.1. The van der Waals surface area contributed by atoms with Gasteiger partial charge in [0, 0.05) is 6.20 Å². The molecule has 19 heteroatoms. The van der Waals surface area contributed by atoms with E-state index in [0.29, 0.717) is 11.3 Å². The molecule has 236 valence electrons. The molecule has 1 aromatic heterocycles. The number of hydrogen-bond donors (Lipinski definition) is 3. The van der Waals surface area contributed by atoms with Crippen molar-refractivity contribution < 1.29 is 40.5 Å². The molecule has 0 fully saturated rings. The first-order valence-corrected chi connectivity index (χ1v) is 16.6. The van der Waals surface area contributed by atoms with Crippen LogP contribution in [-0.2, 0) is 32.9 Å². The number of rotatable bonds is 16. The normalized spacial score (nSPS) is 15.2. The second-order valence-corrected chi connectivity index (χ2v) is 10.8. The summed E-state index contributed by atoms with van der Waals surface area (Å²) in [6.45, 7) is 4.45. The molecule has 13 nitrogen and oxygen atoms in total. The molecule has 7 unspecified atom stereocenters. The van der Waals surface area contributed by atoms with Gasteiger partial charge in [0.1, 0.15) is 36.0 Å². The van der Waals surface area contributed by atoms with Crippen molar-refractivity contribution >= 4 is 84.0 Å². The smallest absolute Gasteiger partial charge is 0.351 e. The van der Waals surface area contributed by atoms with Gasteiger partial charge < -0.3 is 32.3 Å². The minimum absolute atomic E-state index is 0.00649. The van der Waals surface area contributed by atoms with Gasteiger partial charge in [-0.1, -0.05) is 24.9 Å². The highest BCUT2D eigenvalue weighted by molar-refractivity contribution is 9.09. The average molecular weight is 829 g/mol. The molecule has 0 aliphatic rings. The number of carbonyl (C=O) groups excluding carboxylic acids is 2. The molecule has 4 N–H and O–H groups in total. The fraction of sp³-hybridized carbons (Fsp3) is 0.478. The maximum Gasteiger partial charge on any atom is 0.351 e. The van der Waals surface area contributed by atoms with Gasteiger partial charge in [0.25, 0.3) is 0 Å². The van der Waals surface area contributed by atoms with Crippen molar-refractivity contribution in [2.75, 3.05) is 19.0 Å². The number of halogens is 4. The van der Waals surface area contributed by atoms with E-state index in [9.17, 15) is 23.9 Å². The fourth-order valence-corrected chi connectivity index (χ4v) is 5.10. The third-order valence-electron chi connectivity index (χ3n) is 5.18. The van der Waals surface area contributed by atoms with Gasteiger partial charge in [0.15, 0.2) is 37.6 Å². The molecule has 0 saturated heterocycles. The first kappa shape index (κ1) is 38.7. The predicted molar refractivity (Wildman–Crippen MR) is 169 cm³/mol. The highest BCUT2D eigenvalue weighted by Crippen LogP contribution is 2.39. The summed E-state index contributed by atoms with van der Waals surface area (Å²) in [7, 11) is 0.267. The van der Waals surface area contributed by atoms with Crippen LogP contribution in [-0.4, -0.2) is 63.2 Å². The number of nitrogens with zero attached hydrogens (tertiary/aromatic N) is 2. The molecule has 0 bridgehead atoms. The van der Waals surface area contributed by atoms with E-state index in [1.165, 1.54) is 26.1 Å². The molecule has 0 saturated carbocycles. The van der Waals surface area contributed by atoms with Crippen LogP contribution in [0.15, 0.2) is 41.3 Å². The number of carbonyl (C=O) groups is 2. The van der Waals surface area contributed by atoms with E-state index in [-0.39, 0.29) is 18.7 Å². The maximum absolute atomic E-state index is 14.1. The van der Waals surface area contributed by atoms with Crippen LogP contribution >= 0.6 is 66.2 Å². The number of benzene rings is 1. The highest BCUT2D eigenvalue weighted by atomic mass is 79.9. The van der Waals surface area contributed by atoms with Crippen molar-refractivity contribution in [3.05, 3.63) is 52.6 Å². The summed E-state index contributed by atoms with van der Waals surface area (Å²) in [5.41, 5.74) is 5.44. The van der Waals surface area contributed by atoms with Gasteiger partial charge in [-0.15, -0.1) is 9.24 Å². The molecule has 7 atom stereocenters. The van der Waals surface area contributed by atoms with Crippen LogP contribution in [0.3, 0.4) is 0 Å². The Morgan fingerprint density at radius 3 is 2.48 bits per heavy atom. The number of nitrogen functional groups attached to an aromatic ring is 1. The van der Waals surface area contributed by atoms with Crippen LogP contribution in [0.25, 0.3) is 0 Å². The lowest BCUT2D eigenvalue weighted by Crippen LogP contribution is -2.41. The number of alkyl halides is 2. The number of aliphatic hydroxyl groups excluding tert-OH is 1. The molecular weight excluding hydrogens is 797 g/mol. The van der Waals surface area contributed by atoms with E-state index in [4.69, 9.17) is 19.5 Å². The number of nitrogens with one attached hydrogen (secondary N) is 1. The molecular formula is C23H32Br3FN4O9P2. The minimum atomic E-state index is -2.15. The number of ether oxygens (including phenoxy) is 1. The van der Waals surface area contributed by atoms with Gasteiger partial charge in [-0.05, 0) is 53.9 Å². The Balaban J connectivity index is 0.00000431. The molecule has 1 heterocycles. The van der Waals surface area contributed by atoms with Crippen molar-refractivity contribution in [2.45, 2.75) is 56.2 Å². The molecule has 0 aliphatic heterocycles. The van der Waals surface area contributed by atoms with Crippen LogP contribution in [0.4, 0.5) is 10.2 Å². The lowest BCUT2D eigenvalue weighted by atomic mass is 10.1. The van der Waals surface area contributed by atoms with E-state index < -0.39 is 62.3 Å². The van der Waals surface area contributed by atoms with E-state index in [1.807, 2.05) is 6.66 Å². The fourth-order valence-electron chi connectivity index (χ4n) is 3.07. The number of aliphatic hydroxyl groups is 1. The summed E-state index contributed by atoms with van der Waals surface area (Å²) in [6, 6.07) is 7.25. The number of aryl methyl sites for hydroxylation is 1. The number of nitrogens with two attached hydrogens (primary N) is 1. The second kappa shape index (κ2) is 20.6.